The molecule has 0 bridgehead atoms. The monoisotopic (exact) mass is 254 g/mol. The lowest BCUT2D eigenvalue weighted by Gasteiger charge is -2.30. The standard InChI is InChI=1S/C15H30N2O/c1-14(2,3)11(8-9-16)6-7-13(18)17-12-10-15(12,4)5/h11-12H,6-10,16H2,1-5H3,(H,17,18). The van der Waals surface area contributed by atoms with Crippen LogP contribution in [0.5, 0.6) is 0 Å². The number of rotatable bonds is 6. The van der Waals surface area contributed by atoms with Crippen molar-refractivity contribution in [2.24, 2.45) is 22.5 Å². The van der Waals surface area contributed by atoms with Crippen molar-refractivity contribution in [2.75, 3.05) is 6.54 Å². The van der Waals surface area contributed by atoms with Crippen LogP contribution < -0.4 is 11.1 Å². The minimum absolute atomic E-state index is 0.205. The molecule has 3 heteroatoms. The van der Waals surface area contributed by atoms with Gasteiger partial charge < -0.3 is 11.1 Å². The average Bonchev–Trinajstić information content (AvgIpc) is 2.78. The van der Waals surface area contributed by atoms with E-state index in [1.54, 1.807) is 0 Å². The lowest BCUT2D eigenvalue weighted by molar-refractivity contribution is -0.121. The molecule has 1 saturated carbocycles. The van der Waals surface area contributed by atoms with Crippen LogP contribution in [0, 0.1) is 16.7 Å². The Bertz CT molecular complexity index is 291. The minimum atomic E-state index is 0.205. The highest BCUT2D eigenvalue weighted by Gasteiger charge is 2.46. The summed E-state index contributed by atoms with van der Waals surface area (Å²) in [4.78, 5) is 11.9. The fourth-order valence-electron chi connectivity index (χ4n) is 2.50. The van der Waals surface area contributed by atoms with Gasteiger partial charge >= 0.3 is 0 Å². The van der Waals surface area contributed by atoms with Gasteiger partial charge in [0.1, 0.15) is 0 Å². The maximum Gasteiger partial charge on any atom is 0.220 e. The van der Waals surface area contributed by atoms with Crippen LogP contribution in [0.2, 0.25) is 0 Å². The summed E-state index contributed by atoms with van der Waals surface area (Å²) < 4.78 is 0. The van der Waals surface area contributed by atoms with Crippen molar-refractivity contribution >= 4 is 5.91 Å². The third kappa shape index (κ3) is 4.60. The van der Waals surface area contributed by atoms with Gasteiger partial charge in [-0.15, -0.1) is 0 Å². The van der Waals surface area contributed by atoms with Gasteiger partial charge in [-0.25, -0.2) is 0 Å². The average molecular weight is 254 g/mol. The van der Waals surface area contributed by atoms with Gasteiger partial charge in [-0.3, -0.25) is 4.79 Å². The first kappa shape index (κ1) is 15.5. The van der Waals surface area contributed by atoms with Gasteiger partial charge in [0.25, 0.3) is 0 Å². The topological polar surface area (TPSA) is 55.1 Å². The number of hydrogen-bond donors (Lipinski definition) is 2. The van der Waals surface area contributed by atoms with Crippen LogP contribution in [0.1, 0.15) is 60.3 Å². The highest BCUT2D eigenvalue weighted by atomic mass is 16.1. The maximum atomic E-state index is 11.9. The number of nitrogens with one attached hydrogen (secondary N) is 1. The Balaban J connectivity index is 2.31. The summed E-state index contributed by atoms with van der Waals surface area (Å²) in [6.45, 7) is 11.8. The van der Waals surface area contributed by atoms with Crippen LogP contribution in [0.15, 0.2) is 0 Å². The van der Waals surface area contributed by atoms with Crippen LogP contribution in [-0.2, 0) is 4.79 Å². The van der Waals surface area contributed by atoms with Gasteiger partial charge in [-0.05, 0) is 42.6 Å². The molecule has 106 valence electrons. The molecule has 1 fully saturated rings. The maximum absolute atomic E-state index is 11.9. The van der Waals surface area contributed by atoms with Crippen LogP contribution in [-0.4, -0.2) is 18.5 Å². The number of amides is 1. The van der Waals surface area contributed by atoms with E-state index >= 15 is 0 Å². The van der Waals surface area contributed by atoms with Crippen molar-refractivity contribution < 1.29 is 4.79 Å². The lowest BCUT2D eigenvalue weighted by Crippen LogP contribution is -2.30. The highest BCUT2D eigenvalue weighted by molar-refractivity contribution is 5.76. The Hall–Kier alpha value is -0.570. The summed E-state index contributed by atoms with van der Waals surface area (Å²) in [5, 5.41) is 3.12. The zero-order valence-corrected chi connectivity index (χ0v) is 12.7. The van der Waals surface area contributed by atoms with E-state index in [1.165, 1.54) is 0 Å². The van der Waals surface area contributed by atoms with Crippen LogP contribution in [0.4, 0.5) is 0 Å². The number of carbonyl (C=O) groups is 1. The molecule has 1 rings (SSSR count). The Morgan fingerprint density at radius 3 is 2.33 bits per heavy atom. The van der Waals surface area contributed by atoms with Crippen molar-refractivity contribution in [2.45, 2.75) is 66.3 Å². The fourth-order valence-corrected chi connectivity index (χ4v) is 2.50. The van der Waals surface area contributed by atoms with Crippen LogP contribution in [0.25, 0.3) is 0 Å². The van der Waals surface area contributed by atoms with E-state index in [4.69, 9.17) is 5.73 Å². The summed E-state index contributed by atoms with van der Waals surface area (Å²) in [5.74, 6) is 0.734. The Labute approximate surface area is 112 Å². The minimum Gasteiger partial charge on any atom is -0.353 e. The molecular weight excluding hydrogens is 224 g/mol. The Kier molecular flexibility index (Phi) is 4.82. The Morgan fingerprint density at radius 1 is 1.39 bits per heavy atom. The van der Waals surface area contributed by atoms with Crippen molar-refractivity contribution in [3.8, 4) is 0 Å². The van der Waals surface area contributed by atoms with Gasteiger partial charge in [0, 0.05) is 12.5 Å². The molecule has 0 radical (unpaired) electrons. The Morgan fingerprint density at radius 2 is 1.94 bits per heavy atom. The fraction of sp³-hybridized carbons (Fsp3) is 0.933. The summed E-state index contributed by atoms with van der Waals surface area (Å²) in [6, 6.07) is 0.396. The second-order valence-corrected chi connectivity index (χ2v) is 7.49. The van der Waals surface area contributed by atoms with Gasteiger partial charge in [-0.2, -0.15) is 0 Å². The third-order valence-electron chi connectivity index (χ3n) is 4.31. The molecule has 0 heterocycles. The summed E-state index contributed by atoms with van der Waals surface area (Å²) in [5.41, 5.74) is 6.21. The first-order valence-electron chi connectivity index (χ1n) is 7.16. The third-order valence-corrected chi connectivity index (χ3v) is 4.31. The number of hydrogen-bond acceptors (Lipinski definition) is 2. The second-order valence-electron chi connectivity index (χ2n) is 7.49. The van der Waals surface area contributed by atoms with E-state index in [0.717, 1.165) is 19.3 Å². The zero-order chi connectivity index (χ0) is 14.0. The molecule has 3 N–H and O–H groups in total. The largest absolute Gasteiger partial charge is 0.353 e. The quantitative estimate of drug-likeness (QED) is 0.765. The normalized spacial score (nSPS) is 23.6. The smallest absolute Gasteiger partial charge is 0.220 e. The SMILES string of the molecule is CC(C)(C)C(CCN)CCC(=O)NC1CC1(C)C. The molecule has 0 spiro atoms. The highest BCUT2D eigenvalue weighted by Crippen LogP contribution is 2.44. The lowest BCUT2D eigenvalue weighted by atomic mass is 9.76. The van der Waals surface area contributed by atoms with E-state index in [9.17, 15) is 4.79 Å². The van der Waals surface area contributed by atoms with E-state index in [-0.39, 0.29) is 11.3 Å². The molecule has 3 nitrogen and oxygen atoms in total. The number of nitrogens with two attached hydrogens (primary N) is 1. The van der Waals surface area contributed by atoms with E-state index < -0.39 is 0 Å². The predicted molar refractivity (Wildman–Crippen MR) is 76.2 cm³/mol. The van der Waals surface area contributed by atoms with Gasteiger partial charge in [0.05, 0.1) is 0 Å². The van der Waals surface area contributed by atoms with Crippen molar-refractivity contribution in [1.82, 2.24) is 5.32 Å². The molecule has 0 aromatic rings. The van der Waals surface area contributed by atoms with Crippen LogP contribution >= 0.6 is 0 Å². The molecule has 18 heavy (non-hydrogen) atoms. The predicted octanol–water partition coefficient (Wildman–Crippen LogP) is 2.69. The van der Waals surface area contributed by atoms with Gasteiger partial charge in [0.15, 0.2) is 0 Å². The molecule has 1 amide bonds. The van der Waals surface area contributed by atoms with Crippen molar-refractivity contribution in [3.05, 3.63) is 0 Å². The molecule has 1 aliphatic rings. The van der Waals surface area contributed by atoms with E-state index in [0.29, 0.717) is 30.3 Å². The summed E-state index contributed by atoms with van der Waals surface area (Å²) in [7, 11) is 0. The number of carbonyl (C=O) groups excluding carboxylic acids is 1. The van der Waals surface area contributed by atoms with E-state index in [1.807, 2.05) is 0 Å². The summed E-state index contributed by atoms with van der Waals surface area (Å²) in [6.07, 6.45) is 3.70. The van der Waals surface area contributed by atoms with Crippen molar-refractivity contribution in [3.63, 3.8) is 0 Å². The molecular formula is C15H30N2O. The molecule has 0 saturated heterocycles. The summed E-state index contributed by atoms with van der Waals surface area (Å²) >= 11 is 0. The van der Waals surface area contributed by atoms with Gasteiger partial charge in [0.2, 0.25) is 5.91 Å². The molecule has 1 aliphatic carbocycles. The molecule has 2 unspecified atom stereocenters. The second kappa shape index (κ2) is 5.60. The molecule has 2 atom stereocenters. The van der Waals surface area contributed by atoms with Gasteiger partial charge in [-0.1, -0.05) is 34.6 Å². The molecule has 0 aromatic heterocycles. The van der Waals surface area contributed by atoms with Crippen LogP contribution in [0.3, 0.4) is 0 Å². The molecule has 0 aromatic carbocycles. The first-order valence-corrected chi connectivity index (χ1v) is 7.16. The first-order chi connectivity index (χ1) is 8.16. The van der Waals surface area contributed by atoms with Crippen molar-refractivity contribution in [1.29, 1.82) is 0 Å². The molecule has 0 aliphatic heterocycles. The van der Waals surface area contributed by atoms with E-state index in [2.05, 4.69) is 39.9 Å². The zero-order valence-electron chi connectivity index (χ0n) is 12.7.